The molecule has 0 heterocycles. The van der Waals surface area contributed by atoms with E-state index in [4.69, 9.17) is 28.3 Å². The van der Waals surface area contributed by atoms with Crippen LogP contribution in [0.15, 0.2) is 52.3 Å². The highest BCUT2D eigenvalue weighted by atomic mass is 35.5. The molecule has 2 rings (SSSR count). The zero-order valence-electron chi connectivity index (χ0n) is 10.8. The number of anilines is 1. The first-order valence-corrected chi connectivity index (χ1v) is 9.48. The average Bonchev–Trinajstić information content (AvgIpc) is 2.36. The van der Waals surface area contributed by atoms with Gasteiger partial charge in [0.05, 0.1) is 15.5 Å². The van der Waals surface area contributed by atoms with E-state index in [1.807, 2.05) is 0 Å². The molecule has 0 amide bonds. The van der Waals surface area contributed by atoms with Crippen molar-refractivity contribution < 1.29 is 16.8 Å². The Labute approximate surface area is 138 Å². The van der Waals surface area contributed by atoms with E-state index in [0.717, 1.165) is 6.07 Å². The van der Waals surface area contributed by atoms with Gasteiger partial charge in [0.15, 0.2) is 0 Å². The van der Waals surface area contributed by atoms with E-state index < -0.39 is 20.0 Å². The minimum absolute atomic E-state index is 0.0441. The van der Waals surface area contributed by atoms with Crippen molar-refractivity contribution in [3.63, 3.8) is 0 Å². The molecule has 0 unspecified atom stereocenters. The Bertz CT molecular complexity index is 908. The maximum Gasteiger partial charge on any atom is 0.261 e. The van der Waals surface area contributed by atoms with E-state index in [1.54, 1.807) is 0 Å². The maximum absolute atomic E-state index is 12.3. The molecule has 0 saturated heterocycles. The number of sulfonamides is 2. The summed E-state index contributed by atoms with van der Waals surface area (Å²) in [5.74, 6) is 0. The van der Waals surface area contributed by atoms with Crippen LogP contribution in [0.4, 0.5) is 5.69 Å². The largest absolute Gasteiger partial charge is 0.280 e. The highest BCUT2D eigenvalue weighted by Crippen LogP contribution is 2.24. The molecular formula is C12H10Cl2N2O4S2. The molecular weight excluding hydrogens is 371 g/mol. The Morgan fingerprint density at radius 1 is 0.864 bits per heavy atom. The molecule has 0 radical (unpaired) electrons. The van der Waals surface area contributed by atoms with Crippen molar-refractivity contribution in [3.05, 3.63) is 52.5 Å². The number of hydrogen-bond donors (Lipinski definition) is 2. The fourth-order valence-corrected chi connectivity index (χ4v) is 3.97. The summed E-state index contributed by atoms with van der Waals surface area (Å²) in [5.41, 5.74) is 0.0441. The van der Waals surface area contributed by atoms with Crippen LogP contribution in [0.2, 0.25) is 10.0 Å². The number of benzene rings is 2. The first kappa shape index (κ1) is 17.0. The Balaban J connectivity index is 2.41. The van der Waals surface area contributed by atoms with Crippen molar-refractivity contribution in [3.8, 4) is 0 Å². The van der Waals surface area contributed by atoms with Gasteiger partial charge in [-0.3, -0.25) is 4.72 Å². The standard InChI is InChI=1S/C12H10Cl2N2O4S2/c13-8-4-9(14)6-12(5-8)22(19,20)16-10-2-1-3-11(7-10)21(15,17)18/h1-7,16H,(H2,15,17,18). The number of halogens is 2. The molecule has 0 aliphatic carbocycles. The Morgan fingerprint density at radius 3 is 2.00 bits per heavy atom. The minimum Gasteiger partial charge on any atom is -0.280 e. The van der Waals surface area contributed by atoms with Crippen molar-refractivity contribution in [2.24, 2.45) is 5.14 Å². The number of primary sulfonamides is 1. The molecule has 0 aliphatic heterocycles. The SMILES string of the molecule is NS(=O)(=O)c1cccc(NS(=O)(=O)c2cc(Cl)cc(Cl)c2)c1. The molecule has 0 spiro atoms. The van der Waals surface area contributed by atoms with E-state index in [0.29, 0.717) is 0 Å². The number of rotatable bonds is 4. The molecule has 6 nitrogen and oxygen atoms in total. The van der Waals surface area contributed by atoms with Gasteiger partial charge in [-0.2, -0.15) is 0 Å². The maximum atomic E-state index is 12.3. The first-order chi connectivity index (χ1) is 10.1. The molecule has 0 fully saturated rings. The lowest BCUT2D eigenvalue weighted by atomic mass is 10.3. The van der Waals surface area contributed by atoms with Crippen LogP contribution in [-0.2, 0) is 20.0 Å². The second kappa shape index (κ2) is 6.05. The fraction of sp³-hybridized carbons (Fsp3) is 0. The van der Waals surface area contributed by atoms with Gasteiger partial charge in [-0.05, 0) is 36.4 Å². The third-order valence-corrected chi connectivity index (χ3v) is 5.27. The predicted octanol–water partition coefficient (Wildman–Crippen LogP) is 2.44. The van der Waals surface area contributed by atoms with Crippen LogP contribution in [0, 0.1) is 0 Å². The lowest BCUT2D eigenvalue weighted by molar-refractivity contribution is 0.596. The van der Waals surface area contributed by atoms with Crippen LogP contribution < -0.4 is 9.86 Å². The van der Waals surface area contributed by atoms with Gasteiger partial charge in [-0.1, -0.05) is 29.3 Å². The van der Waals surface area contributed by atoms with Crippen molar-refractivity contribution in [1.29, 1.82) is 0 Å². The smallest absolute Gasteiger partial charge is 0.261 e. The molecule has 0 bridgehead atoms. The van der Waals surface area contributed by atoms with Crippen LogP contribution in [0.5, 0.6) is 0 Å². The summed E-state index contributed by atoms with van der Waals surface area (Å²) < 4.78 is 49.3. The van der Waals surface area contributed by atoms with Gasteiger partial charge in [0, 0.05) is 10.0 Å². The molecule has 0 atom stereocenters. The van der Waals surface area contributed by atoms with E-state index in [2.05, 4.69) is 4.72 Å². The molecule has 2 aromatic carbocycles. The van der Waals surface area contributed by atoms with Gasteiger partial charge >= 0.3 is 0 Å². The molecule has 0 aromatic heterocycles. The highest BCUT2D eigenvalue weighted by molar-refractivity contribution is 7.92. The van der Waals surface area contributed by atoms with E-state index in [-0.39, 0.29) is 25.5 Å². The normalized spacial score (nSPS) is 12.1. The topological polar surface area (TPSA) is 106 Å². The minimum atomic E-state index is -3.98. The summed E-state index contributed by atoms with van der Waals surface area (Å²) in [6.45, 7) is 0. The van der Waals surface area contributed by atoms with Crippen molar-refractivity contribution in [2.45, 2.75) is 9.79 Å². The van der Waals surface area contributed by atoms with Gasteiger partial charge in [-0.15, -0.1) is 0 Å². The molecule has 118 valence electrons. The Morgan fingerprint density at radius 2 is 1.45 bits per heavy atom. The zero-order chi connectivity index (χ0) is 16.5. The summed E-state index contributed by atoms with van der Waals surface area (Å²) in [6, 6.07) is 8.95. The second-order valence-corrected chi connectivity index (χ2v) is 8.40. The summed E-state index contributed by atoms with van der Waals surface area (Å²) >= 11 is 11.5. The summed E-state index contributed by atoms with van der Waals surface area (Å²) in [6.07, 6.45) is 0. The molecule has 3 N–H and O–H groups in total. The quantitative estimate of drug-likeness (QED) is 0.848. The van der Waals surface area contributed by atoms with Crippen molar-refractivity contribution >= 4 is 48.9 Å². The van der Waals surface area contributed by atoms with Crippen LogP contribution >= 0.6 is 23.2 Å². The molecule has 0 saturated carbocycles. The number of nitrogens with one attached hydrogen (secondary N) is 1. The Kier molecular flexibility index (Phi) is 4.69. The lowest BCUT2D eigenvalue weighted by Crippen LogP contribution is -2.15. The van der Waals surface area contributed by atoms with Gasteiger partial charge < -0.3 is 0 Å². The third-order valence-electron chi connectivity index (χ3n) is 2.56. The monoisotopic (exact) mass is 380 g/mol. The zero-order valence-corrected chi connectivity index (χ0v) is 14.0. The second-order valence-electron chi connectivity index (χ2n) is 4.28. The number of hydrogen-bond acceptors (Lipinski definition) is 4. The van der Waals surface area contributed by atoms with E-state index in [1.165, 1.54) is 36.4 Å². The van der Waals surface area contributed by atoms with Crippen LogP contribution in [-0.4, -0.2) is 16.8 Å². The van der Waals surface area contributed by atoms with E-state index in [9.17, 15) is 16.8 Å². The van der Waals surface area contributed by atoms with Crippen LogP contribution in [0.3, 0.4) is 0 Å². The van der Waals surface area contributed by atoms with Crippen molar-refractivity contribution in [2.75, 3.05) is 4.72 Å². The Hall–Kier alpha value is -1.32. The van der Waals surface area contributed by atoms with Gasteiger partial charge in [0.2, 0.25) is 10.0 Å². The lowest BCUT2D eigenvalue weighted by Gasteiger charge is -2.09. The van der Waals surface area contributed by atoms with Gasteiger partial charge in [0.25, 0.3) is 10.0 Å². The summed E-state index contributed by atoms with van der Waals surface area (Å²) in [4.78, 5) is -0.358. The van der Waals surface area contributed by atoms with Gasteiger partial charge in [-0.25, -0.2) is 22.0 Å². The van der Waals surface area contributed by atoms with Crippen LogP contribution in [0.1, 0.15) is 0 Å². The molecule has 2 aromatic rings. The molecule has 22 heavy (non-hydrogen) atoms. The first-order valence-electron chi connectivity index (χ1n) is 5.70. The predicted molar refractivity (Wildman–Crippen MR) is 85.1 cm³/mol. The third kappa shape index (κ3) is 4.11. The summed E-state index contributed by atoms with van der Waals surface area (Å²) in [5, 5.41) is 5.32. The fourth-order valence-electron chi connectivity index (χ4n) is 1.63. The average molecular weight is 381 g/mol. The summed E-state index contributed by atoms with van der Waals surface area (Å²) in [7, 11) is -7.91. The van der Waals surface area contributed by atoms with Crippen LogP contribution in [0.25, 0.3) is 0 Å². The highest BCUT2D eigenvalue weighted by Gasteiger charge is 2.17. The van der Waals surface area contributed by atoms with Crippen molar-refractivity contribution in [1.82, 2.24) is 0 Å². The number of nitrogens with two attached hydrogens (primary N) is 1. The van der Waals surface area contributed by atoms with Gasteiger partial charge in [0.1, 0.15) is 0 Å². The van der Waals surface area contributed by atoms with E-state index >= 15 is 0 Å². The molecule has 0 aliphatic rings. The molecule has 10 heteroatoms.